The van der Waals surface area contributed by atoms with Gasteiger partial charge in [-0.15, -0.1) is 0 Å². The highest BCUT2D eigenvalue weighted by atomic mass is 16.4. The van der Waals surface area contributed by atoms with E-state index in [9.17, 15) is 19.5 Å². The zero-order valence-corrected chi connectivity index (χ0v) is 16.9. The Morgan fingerprint density at radius 3 is 1.84 bits per heavy atom. The fraction of sp³-hybridized carbons (Fsp3) is 0.850. The van der Waals surface area contributed by atoms with Crippen LogP contribution in [0.5, 0.6) is 0 Å². The van der Waals surface area contributed by atoms with Crippen LogP contribution >= 0.6 is 0 Å². The fourth-order valence-corrected chi connectivity index (χ4v) is 3.61. The number of carboxylic acids is 2. The van der Waals surface area contributed by atoms with Gasteiger partial charge >= 0.3 is 11.9 Å². The maximum Gasteiger partial charge on any atom is 0.309 e. The third-order valence-corrected chi connectivity index (χ3v) is 4.99. The second kappa shape index (κ2) is 8.81. The summed E-state index contributed by atoms with van der Waals surface area (Å²) in [6, 6.07) is 0. The molecule has 146 valence electrons. The van der Waals surface area contributed by atoms with E-state index in [-0.39, 0.29) is 23.5 Å². The van der Waals surface area contributed by atoms with E-state index in [1.807, 2.05) is 34.6 Å². The van der Waals surface area contributed by atoms with Gasteiger partial charge in [-0.25, -0.2) is 0 Å². The molecule has 0 bridgehead atoms. The smallest absolute Gasteiger partial charge is 0.309 e. The monoisotopic (exact) mass is 356 g/mol. The SMILES string of the molecule is CC(CCC(=O)O)CC(C)(C)C(=O)CCC(C)(C)CC(C)(C)C(=O)O. The molecule has 5 heteroatoms. The molecule has 0 aromatic heterocycles. The summed E-state index contributed by atoms with van der Waals surface area (Å²) in [5.41, 5.74) is -1.54. The molecule has 0 fully saturated rings. The zero-order chi connectivity index (χ0) is 20.1. The van der Waals surface area contributed by atoms with Gasteiger partial charge in [-0.1, -0.05) is 34.6 Å². The number of ketones is 1. The second-order valence-corrected chi connectivity index (χ2v) is 9.58. The van der Waals surface area contributed by atoms with Crippen LogP contribution < -0.4 is 0 Å². The van der Waals surface area contributed by atoms with Crippen LogP contribution in [0.25, 0.3) is 0 Å². The van der Waals surface area contributed by atoms with Crippen molar-refractivity contribution in [2.75, 3.05) is 0 Å². The van der Waals surface area contributed by atoms with Crippen molar-refractivity contribution in [1.82, 2.24) is 0 Å². The molecular weight excluding hydrogens is 320 g/mol. The van der Waals surface area contributed by atoms with Crippen molar-refractivity contribution in [3.8, 4) is 0 Å². The normalized spacial score (nSPS) is 14.2. The molecule has 0 aromatic carbocycles. The molecule has 1 atom stereocenters. The molecule has 0 radical (unpaired) electrons. The third kappa shape index (κ3) is 9.03. The lowest BCUT2D eigenvalue weighted by Gasteiger charge is -2.33. The van der Waals surface area contributed by atoms with Crippen molar-refractivity contribution in [3.05, 3.63) is 0 Å². The minimum atomic E-state index is -0.820. The minimum absolute atomic E-state index is 0.128. The van der Waals surface area contributed by atoms with E-state index in [1.165, 1.54) is 0 Å². The molecule has 2 N–H and O–H groups in total. The maximum atomic E-state index is 12.7. The van der Waals surface area contributed by atoms with Gasteiger partial charge in [0.2, 0.25) is 0 Å². The van der Waals surface area contributed by atoms with Crippen LogP contribution in [-0.2, 0) is 14.4 Å². The van der Waals surface area contributed by atoms with E-state index < -0.39 is 22.8 Å². The Hall–Kier alpha value is -1.39. The first-order valence-corrected chi connectivity index (χ1v) is 9.07. The number of hydrogen-bond donors (Lipinski definition) is 2. The minimum Gasteiger partial charge on any atom is -0.481 e. The summed E-state index contributed by atoms with van der Waals surface area (Å²) in [6.07, 6.45) is 2.95. The molecule has 0 aliphatic carbocycles. The van der Waals surface area contributed by atoms with E-state index in [0.29, 0.717) is 32.1 Å². The van der Waals surface area contributed by atoms with Crippen molar-refractivity contribution in [3.63, 3.8) is 0 Å². The standard InChI is InChI=1S/C20H36O5/c1-14(8-9-16(22)23)12-19(4,5)15(21)10-11-18(2,3)13-20(6,7)17(24)25/h14H,8-13H2,1-7H3,(H,22,23)(H,24,25). The highest BCUT2D eigenvalue weighted by Crippen LogP contribution is 2.39. The number of carbonyl (C=O) groups is 3. The fourth-order valence-electron chi connectivity index (χ4n) is 3.61. The maximum absolute atomic E-state index is 12.7. The topological polar surface area (TPSA) is 91.7 Å². The summed E-state index contributed by atoms with van der Waals surface area (Å²) < 4.78 is 0. The lowest BCUT2D eigenvalue weighted by Crippen LogP contribution is -2.32. The van der Waals surface area contributed by atoms with Crippen molar-refractivity contribution >= 4 is 17.7 Å². The Morgan fingerprint density at radius 2 is 1.40 bits per heavy atom. The van der Waals surface area contributed by atoms with Gasteiger partial charge in [0.25, 0.3) is 0 Å². The number of rotatable bonds is 12. The van der Waals surface area contributed by atoms with Gasteiger partial charge in [0.05, 0.1) is 5.41 Å². The van der Waals surface area contributed by atoms with Crippen molar-refractivity contribution < 1.29 is 24.6 Å². The number of carbonyl (C=O) groups excluding carboxylic acids is 1. The van der Waals surface area contributed by atoms with Gasteiger partial charge in [-0.3, -0.25) is 14.4 Å². The summed E-state index contributed by atoms with van der Waals surface area (Å²) in [7, 11) is 0. The average Bonchev–Trinajstić information content (AvgIpc) is 2.40. The van der Waals surface area contributed by atoms with Crippen molar-refractivity contribution in [2.45, 2.75) is 87.0 Å². The predicted molar refractivity (Wildman–Crippen MR) is 98.5 cm³/mol. The lowest BCUT2D eigenvalue weighted by atomic mass is 9.70. The summed E-state index contributed by atoms with van der Waals surface area (Å²) in [5, 5.41) is 18.1. The molecule has 5 nitrogen and oxygen atoms in total. The second-order valence-electron chi connectivity index (χ2n) is 9.58. The number of hydrogen-bond acceptors (Lipinski definition) is 3. The molecule has 0 saturated carbocycles. The van der Waals surface area contributed by atoms with Crippen LogP contribution in [0.15, 0.2) is 0 Å². The largest absolute Gasteiger partial charge is 0.481 e. The van der Waals surface area contributed by atoms with Gasteiger partial charge < -0.3 is 10.2 Å². The van der Waals surface area contributed by atoms with Crippen molar-refractivity contribution in [2.24, 2.45) is 22.2 Å². The van der Waals surface area contributed by atoms with Crippen molar-refractivity contribution in [1.29, 1.82) is 0 Å². The van der Waals surface area contributed by atoms with Crippen LogP contribution in [0.1, 0.15) is 87.0 Å². The Labute approximate surface area is 152 Å². The molecule has 0 rings (SSSR count). The van der Waals surface area contributed by atoms with Gasteiger partial charge in [0, 0.05) is 18.3 Å². The Balaban J connectivity index is 4.64. The van der Waals surface area contributed by atoms with E-state index in [2.05, 4.69) is 0 Å². The predicted octanol–water partition coefficient (Wildman–Crippen LogP) is 4.78. The van der Waals surface area contributed by atoms with E-state index in [4.69, 9.17) is 5.11 Å². The van der Waals surface area contributed by atoms with E-state index in [1.54, 1.807) is 13.8 Å². The van der Waals surface area contributed by atoms with Crippen LogP contribution in [0, 0.1) is 22.2 Å². The van der Waals surface area contributed by atoms with Gasteiger partial charge in [-0.2, -0.15) is 0 Å². The van der Waals surface area contributed by atoms with Crippen LogP contribution in [0.3, 0.4) is 0 Å². The molecule has 1 unspecified atom stereocenters. The first kappa shape index (κ1) is 23.6. The molecule has 0 aliphatic heterocycles. The molecule has 0 saturated heterocycles. The average molecular weight is 357 g/mol. The van der Waals surface area contributed by atoms with Crippen LogP contribution in [0.4, 0.5) is 0 Å². The van der Waals surface area contributed by atoms with Gasteiger partial charge in [-0.05, 0) is 50.9 Å². The van der Waals surface area contributed by atoms with Crippen LogP contribution in [0.2, 0.25) is 0 Å². The molecule has 0 heterocycles. The first-order valence-electron chi connectivity index (χ1n) is 9.07. The molecule has 0 spiro atoms. The third-order valence-electron chi connectivity index (χ3n) is 4.99. The van der Waals surface area contributed by atoms with Gasteiger partial charge in [0.1, 0.15) is 5.78 Å². The summed E-state index contributed by atoms with van der Waals surface area (Å²) >= 11 is 0. The number of Topliss-reactive ketones (excluding diaryl/α,β-unsaturated/α-hetero) is 1. The highest BCUT2D eigenvalue weighted by Gasteiger charge is 2.36. The molecule has 0 aliphatic rings. The molecular formula is C20H36O5. The lowest BCUT2D eigenvalue weighted by molar-refractivity contribution is -0.148. The Morgan fingerprint density at radius 1 is 0.880 bits per heavy atom. The first-order chi connectivity index (χ1) is 11.1. The van der Waals surface area contributed by atoms with Crippen LogP contribution in [-0.4, -0.2) is 27.9 Å². The Bertz CT molecular complexity index is 488. The Kier molecular flexibility index (Phi) is 8.32. The summed E-state index contributed by atoms with van der Waals surface area (Å²) in [5.74, 6) is -1.29. The van der Waals surface area contributed by atoms with Gasteiger partial charge in [0.15, 0.2) is 0 Å². The molecule has 0 amide bonds. The quantitative estimate of drug-likeness (QED) is 0.525. The number of carboxylic acid groups (broad SMARTS) is 2. The summed E-state index contributed by atoms with van der Waals surface area (Å²) in [4.78, 5) is 34.6. The molecule has 25 heavy (non-hydrogen) atoms. The number of aliphatic carboxylic acids is 2. The van der Waals surface area contributed by atoms with E-state index in [0.717, 1.165) is 0 Å². The zero-order valence-electron chi connectivity index (χ0n) is 16.9. The highest BCUT2D eigenvalue weighted by molar-refractivity contribution is 5.84. The van der Waals surface area contributed by atoms with E-state index >= 15 is 0 Å². The molecule has 0 aromatic rings. The summed E-state index contributed by atoms with van der Waals surface area (Å²) in [6.45, 7) is 13.3.